The fourth-order valence-electron chi connectivity index (χ4n) is 3.90. The Kier molecular flexibility index (Phi) is 7.93. The minimum absolute atomic E-state index is 0.337. The third kappa shape index (κ3) is 5.77. The van der Waals surface area contributed by atoms with Crippen molar-refractivity contribution in [2.24, 2.45) is 0 Å². The lowest BCUT2D eigenvalue weighted by molar-refractivity contribution is 0.0596. The molecule has 3 aromatic carbocycles. The molecule has 4 aromatic rings. The molecule has 0 aliphatic carbocycles. The number of hydrogen-bond donors (Lipinski definition) is 0. The summed E-state index contributed by atoms with van der Waals surface area (Å²) in [5.41, 5.74) is 4.96. The highest BCUT2D eigenvalue weighted by molar-refractivity contribution is 5.94. The number of ether oxygens (including phenoxy) is 2. The van der Waals surface area contributed by atoms with E-state index in [4.69, 9.17) is 13.9 Å². The molecule has 0 aliphatic rings. The first-order valence-electron chi connectivity index (χ1n) is 12.0. The van der Waals surface area contributed by atoms with E-state index >= 15 is 0 Å². The molecule has 0 radical (unpaired) electrons. The number of aromatic nitrogens is 2. The molecule has 0 saturated heterocycles. The zero-order valence-electron chi connectivity index (χ0n) is 20.4. The zero-order valence-corrected chi connectivity index (χ0v) is 20.4. The summed E-state index contributed by atoms with van der Waals surface area (Å²) < 4.78 is 16.9. The number of carbonyl (C=O) groups is 1. The van der Waals surface area contributed by atoms with Crippen molar-refractivity contribution >= 4 is 5.97 Å². The van der Waals surface area contributed by atoms with Crippen molar-refractivity contribution in [3.63, 3.8) is 0 Å². The average Bonchev–Trinajstić information content (AvgIpc) is 3.39. The van der Waals surface area contributed by atoms with Gasteiger partial charge in [0, 0.05) is 11.1 Å². The summed E-state index contributed by atoms with van der Waals surface area (Å²) in [6.07, 6.45) is 4.35. The van der Waals surface area contributed by atoms with Gasteiger partial charge in [-0.2, -0.15) is 0 Å². The first kappa shape index (κ1) is 24.2. The number of aryl methyl sites for hydroxylation is 1. The second-order valence-corrected chi connectivity index (χ2v) is 8.42. The number of benzene rings is 3. The summed E-state index contributed by atoms with van der Waals surface area (Å²) in [6, 6.07) is 21.7. The van der Waals surface area contributed by atoms with Crippen LogP contribution in [0.5, 0.6) is 5.75 Å². The predicted molar refractivity (Wildman–Crippen MR) is 136 cm³/mol. The number of hydrogen-bond acceptors (Lipinski definition) is 6. The average molecular weight is 471 g/mol. The molecule has 6 nitrogen and oxygen atoms in total. The monoisotopic (exact) mass is 470 g/mol. The molecule has 0 atom stereocenters. The summed E-state index contributed by atoms with van der Waals surface area (Å²) >= 11 is 0. The molecule has 0 amide bonds. The maximum atomic E-state index is 12.5. The topological polar surface area (TPSA) is 74.5 Å². The molecule has 35 heavy (non-hydrogen) atoms. The van der Waals surface area contributed by atoms with Gasteiger partial charge in [-0.3, -0.25) is 0 Å². The van der Waals surface area contributed by atoms with Gasteiger partial charge in [-0.15, -0.1) is 10.2 Å². The summed E-state index contributed by atoms with van der Waals surface area (Å²) in [4.78, 5) is 12.5. The second-order valence-electron chi connectivity index (χ2n) is 8.42. The van der Waals surface area contributed by atoms with E-state index in [1.807, 2.05) is 55.5 Å². The third-order valence-corrected chi connectivity index (χ3v) is 5.88. The van der Waals surface area contributed by atoms with E-state index in [2.05, 4.69) is 29.3 Å². The van der Waals surface area contributed by atoms with Crippen molar-refractivity contribution in [2.75, 3.05) is 13.7 Å². The van der Waals surface area contributed by atoms with E-state index in [1.54, 1.807) is 6.07 Å². The van der Waals surface area contributed by atoms with Crippen molar-refractivity contribution in [3.8, 4) is 39.8 Å². The highest BCUT2D eigenvalue weighted by Gasteiger charge is 2.20. The van der Waals surface area contributed by atoms with Crippen LogP contribution in [0.25, 0.3) is 34.0 Å². The first-order chi connectivity index (χ1) is 17.1. The zero-order chi connectivity index (χ0) is 24.6. The largest absolute Gasteiger partial charge is 0.493 e. The Morgan fingerprint density at radius 1 is 0.857 bits per heavy atom. The van der Waals surface area contributed by atoms with Crippen LogP contribution in [0.4, 0.5) is 0 Å². The summed E-state index contributed by atoms with van der Waals surface area (Å²) in [7, 11) is 1.36. The van der Waals surface area contributed by atoms with Gasteiger partial charge in [0.05, 0.1) is 13.7 Å². The lowest BCUT2D eigenvalue weighted by atomic mass is 10.0. The molecule has 0 fully saturated rings. The van der Waals surface area contributed by atoms with Crippen LogP contribution in [0.3, 0.4) is 0 Å². The van der Waals surface area contributed by atoms with Gasteiger partial charge in [0.1, 0.15) is 11.3 Å². The lowest BCUT2D eigenvalue weighted by Crippen LogP contribution is -2.08. The number of nitrogens with zero attached hydrogens (tertiary/aromatic N) is 2. The molecule has 180 valence electrons. The Morgan fingerprint density at radius 2 is 1.54 bits per heavy atom. The van der Waals surface area contributed by atoms with Crippen molar-refractivity contribution in [1.82, 2.24) is 10.2 Å². The Labute approximate surface area is 205 Å². The molecule has 1 aromatic heterocycles. The molecule has 0 aliphatic heterocycles. The lowest BCUT2D eigenvalue weighted by Gasteiger charge is -2.13. The Balaban J connectivity index is 1.57. The minimum Gasteiger partial charge on any atom is -0.493 e. The van der Waals surface area contributed by atoms with E-state index in [9.17, 15) is 4.79 Å². The van der Waals surface area contributed by atoms with Crippen LogP contribution in [-0.4, -0.2) is 29.9 Å². The van der Waals surface area contributed by atoms with Crippen LogP contribution in [-0.2, 0) is 4.74 Å². The molecular weight excluding hydrogens is 440 g/mol. The fourth-order valence-corrected chi connectivity index (χ4v) is 3.90. The number of carbonyl (C=O) groups excluding carboxylic acids is 1. The summed E-state index contributed by atoms with van der Waals surface area (Å²) in [5, 5.41) is 8.48. The van der Waals surface area contributed by atoms with E-state index in [0.29, 0.717) is 35.3 Å². The van der Waals surface area contributed by atoms with Crippen molar-refractivity contribution in [1.29, 1.82) is 0 Å². The van der Waals surface area contributed by atoms with Crippen molar-refractivity contribution in [3.05, 3.63) is 77.9 Å². The van der Waals surface area contributed by atoms with Gasteiger partial charge < -0.3 is 13.9 Å². The third-order valence-electron chi connectivity index (χ3n) is 5.88. The van der Waals surface area contributed by atoms with Gasteiger partial charge in [-0.25, -0.2) is 4.79 Å². The standard InChI is InChI=1S/C29H30N2O4/c1-4-5-6-10-17-34-26-18-20(2)24(19-25(26)29(32)33-3)28-31-30-27(35-28)23-15-13-22(14-16-23)21-11-8-7-9-12-21/h7-9,11-16,18-19H,4-6,10,17H2,1-3H3. The fraction of sp³-hybridized carbons (Fsp3) is 0.276. The molecule has 0 unspecified atom stereocenters. The van der Waals surface area contributed by atoms with Crippen molar-refractivity contribution in [2.45, 2.75) is 39.5 Å². The summed E-state index contributed by atoms with van der Waals surface area (Å²) in [5.74, 6) is 0.788. The number of rotatable bonds is 10. The Morgan fingerprint density at radius 3 is 2.26 bits per heavy atom. The molecule has 0 N–H and O–H groups in total. The van der Waals surface area contributed by atoms with Gasteiger partial charge in [0.25, 0.3) is 0 Å². The van der Waals surface area contributed by atoms with Gasteiger partial charge in [-0.1, -0.05) is 68.7 Å². The van der Waals surface area contributed by atoms with Gasteiger partial charge in [0.2, 0.25) is 11.8 Å². The Bertz CT molecular complexity index is 1260. The van der Waals surface area contributed by atoms with Crippen LogP contribution in [0.15, 0.2) is 71.1 Å². The predicted octanol–water partition coefficient (Wildman–Crippen LogP) is 7.12. The highest BCUT2D eigenvalue weighted by atomic mass is 16.5. The molecule has 1 heterocycles. The van der Waals surface area contributed by atoms with Gasteiger partial charge >= 0.3 is 5.97 Å². The molecule has 6 heteroatoms. The SMILES string of the molecule is CCCCCCOc1cc(C)c(-c2nnc(-c3ccc(-c4ccccc4)cc3)o2)cc1C(=O)OC. The maximum absolute atomic E-state index is 12.5. The van der Waals surface area contributed by atoms with Gasteiger partial charge in [0.15, 0.2) is 0 Å². The quantitative estimate of drug-likeness (QED) is 0.181. The molecule has 4 rings (SSSR count). The number of unbranched alkanes of at least 4 members (excludes halogenated alkanes) is 3. The van der Waals surface area contributed by atoms with Gasteiger partial charge in [-0.05, 0) is 54.3 Å². The number of methoxy groups -OCH3 is 1. The maximum Gasteiger partial charge on any atom is 0.341 e. The van der Waals surface area contributed by atoms with Crippen LogP contribution < -0.4 is 4.74 Å². The molecular formula is C29H30N2O4. The molecule has 0 saturated carbocycles. The smallest absolute Gasteiger partial charge is 0.341 e. The number of esters is 1. The minimum atomic E-state index is -0.467. The first-order valence-corrected chi connectivity index (χ1v) is 12.0. The normalized spacial score (nSPS) is 10.8. The van der Waals surface area contributed by atoms with E-state index in [0.717, 1.165) is 41.5 Å². The van der Waals surface area contributed by atoms with E-state index in [1.165, 1.54) is 13.5 Å². The van der Waals surface area contributed by atoms with Crippen LogP contribution in [0.2, 0.25) is 0 Å². The second kappa shape index (κ2) is 11.5. The van der Waals surface area contributed by atoms with Crippen molar-refractivity contribution < 1.29 is 18.7 Å². The highest BCUT2D eigenvalue weighted by Crippen LogP contribution is 2.33. The molecule has 0 bridgehead atoms. The molecule has 0 spiro atoms. The van der Waals surface area contributed by atoms with Crippen LogP contribution in [0.1, 0.15) is 48.5 Å². The van der Waals surface area contributed by atoms with Crippen LogP contribution in [0, 0.1) is 6.92 Å². The van der Waals surface area contributed by atoms with E-state index in [-0.39, 0.29) is 0 Å². The van der Waals surface area contributed by atoms with Crippen LogP contribution >= 0.6 is 0 Å². The Hall–Kier alpha value is -3.93. The summed E-state index contributed by atoms with van der Waals surface area (Å²) in [6.45, 7) is 4.65. The van der Waals surface area contributed by atoms with E-state index < -0.39 is 5.97 Å².